The maximum absolute atomic E-state index is 11.3. The van der Waals surface area contributed by atoms with Crippen LogP contribution in [0.1, 0.15) is 30.4 Å². The molecule has 0 saturated carbocycles. The first-order chi connectivity index (χ1) is 10.2. The molecule has 0 saturated heterocycles. The first-order valence-corrected chi connectivity index (χ1v) is 7.91. The van der Waals surface area contributed by atoms with Crippen molar-refractivity contribution in [2.45, 2.75) is 32.2 Å². The fourth-order valence-corrected chi connectivity index (χ4v) is 2.74. The van der Waals surface area contributed by atoms with E-state index in [1.54, 1.807) is 19.0 Å². The molecule has 0 spiro atoms. The fourth-order valence-electron chi connectivity index (χ4n) is 2.74. The van der Waals surface area contributed by atoms with Crippen molar-refractivity contribution in [3.05, 3.63) is 35.4 Å². The first kappa shape index (κ1) is 15.8. The van der Waals surface area contributed by atoms with E-state index in [-0.39, 0.29) is 6.03 Å². The van der Waals surface area contributed by atoms with E-state index in [0.29, 0.717) is 0 Å². The molecule has 0 aromatic heterocycles. The van der Waals surface area contributed by atoms with Gasteiger partial charge in [-0.25, -0.2) is 4.79 Å². The second-order valence-corrected chi connectivity index (χ2v) is 5.98. The average Bonchev–Trinajstić information content (AvgIpc) is 2.50. The molecule has 1 N–H and O–H groups in total. The molecule has 116 valence electrons. The molecule has 4 heteroatoms. The van der Waals surface area contributed by atoms with Crippen LogP contribution in [0.4, 0.5) is 4.79 Å². The van der Waals surface area contributed by atoms with Gasteiger partial charge < -0.3 is 10.2 Å². The van der Waals surface area contributed by atoms with Gasteiger partial charge in [-0.15, -0.1) is 0 Å². The summed E-state index contributed by atoms with van der Waals surface area (Å²) < 4.78 is 0. The van der Waals surface area contributed by atoms with E-state index in [2.05, 4.69) is 34.5 Å². The van der Waals surface area contributed by atoms with E-state index in [1.165, 1.54) is 36.9 Å². The molecule has 0 unspecified atom stereocenters. The van der Waals surface area contributed by atoms with Gasteiger partial charge in [0.25, 0.3) is 0 Å². The molecule has 1 aliphatic heterocycles. The summed E-state index contributed by atoms with van der Waals surface area (Å²) in [4.78, 5) is 15.5. The second-order valence-electron chi connectivity index (χ2n) is 5.98. The van der Waals surface area contributed by atoms with Crippen LogP contribution in [-0.2, 0) is 13.0 Å². The number of unbranched alkanes of at least 4 members (excludes halogenated alkanes) is 2. The van der Waals surface area contributed by atoms with Crippen LogP contribution in [0, 0.1) is 0 Å². The standard InChI is InChI=1S/C17H27N3O/c1-19(2)17(21)18-11-6-3-7-12-20-13-10-15-8-4-5-9-16(15)14-20/h4-5,8-9H,3,6-7,10-14H2,1-2H3,(H,18,21). The third-order valence-electron chi connectivity index (χ3n) is 4.04. The molecule has 0 atom stereocenters. The number of rotatable bonds is 6. The van der Waals surface area contributed by atoms with Gasteiger partial charge in [0, 0.05) is 33.7 Å². The lowest BCUT2D eigenvalue weighted by molar-refractivity contribution is 0.217. The lowest BCUT2D eigenvalue weighted by Crippen LogP contribution is -2.35. The first-order valence-electron chi connectivity index (χ1n) is 7.91. The highest BCUT2D eigenvalue weighted by atomic mass is 16.2. The van der Waals surface area contributed by atoms with Gasteiger partial charge in [-0.3, -0.25) is 4.90 Å². The van der Waals surface area contributed by atoms with E-state index in [0.717, 1.165) is 26.1 Å². The summed E-state index contributed by atoms with van der Waals surface area (Å²) in [7, 11) is 3.53. The van der Waals surface area contributed by atoms with E-state index in [1.807, 2.05) is 0 Å². The van der Waals surface area contributed by atoms with Crippen LogP contribution in [0.3, 0.4) is 0 Å². The molecule has 1 aliphatic rings. The summed E-state index contributed by atoms with van der Waals surface area (Å²) in [6.07, 6.45) is 4.62. The van der Waals surface area contributed by atoms with Crippen molar-refractivity contribution in [1.82, 2.24) is 15.1 Å². The van der Waals surface area contributed by atoms with Gasteiger partial charge in [-0.2, -0.15) is 0 Å². The fraction of sp³-hybridized carbons (Fsp3) is 0.588. The van der Waals surface area contributed by atoms with Gasteiger partial charge in [-0.1, -0.05) is 30.7 Å². The molecule has 1 aromatic carbocycles. The summed E-state index contributed by atoms with van der Waals surface area (Å²) in [5, 5.41) is 2.91. The number of hydrogen-bond donors (Lipinski definition) is 1. The van der Waals surface area contributed by atoms with Crippen molar-refractivity contribution in [3.63, 3.8) is 0 Å². The highest BCUT2D eigenvalue weighted by molar-refractivity contribution is 5.73. The highest BCUT2D eigenvalue weighted by Gasteiger charge is 2.14. The molecule has 0 bridgehead atoms. The Kier molecular flexibility index (Phi) is 6.05. The van der Waals surface area contributed by atoms with Crippen molar-refractivity contribution in [2.75, 3.05) is 33.7 Å². The van der Waals surface area contributed by atoms with Gasteiger partial charge >= 0.3 is 6.03 Å². The van der Waals surface area contributed by atoms with Crippen LogP contribution >= 0.6 is 0 Å². The van der Waals surface area contributed by atoms with Crippen LogP contribution in [0.15, 0.2) is 24.3 Å². The topological polar surface area (TPSA) is 35.6 Å². The van der Waals surface area contributed by atoms with Crippen LogP contribution in [0.25, 0.3) is 0 Å². The van der Waals surface area contributed by atoms with E-state index in [4.69, 9.17) is 0 Å². The van der Waals surface area contributed by atoms with Crippen LogP contribution < -0.4 is 5.32 Å². The largest absolute Gasteiger partial charge is 0.338 e. The molecule has 21 heavy (non-hydrogen) atoms. The Balaban J connectivity index is 1.57. The highest BCUT2D eigenvalue weighted by Crippen LogP contribution is 2.18. The third kappa shape index (κ3) is 5.05. The molecule has 0 radical (unpaired) electrons. The van der Waals surface area contributed by atoms with E-state index < -0.39 is 0 Å². The lowest BCUT2D eigenvalue weighted by atomic mass is 10.00. The van der Waals surface area contributed by atoms with Crippen molar-refractivity contribution < 1.29 is 4.79 Å². The van der Waals surface area contributed by atoms with E-state index >= 15 is 0 Å². The maximum atomic E-state index is 11.3. The Morgan fingerprint density at radius 2 is 1.95 bits per heavy atom. The smallest absolute Gasteiger partial charge is 0.316 e. The van der Waals surface area contributed by atoms with Gasteiger partial charge in [0.15, 0.2) is 0 Å². The van der Waals surface area contributed by atoms with Crippen molar-refractivity contribution >= 4 is 6.03 Å². The quantitative estimate of drug-likeness (QED) is 0.817. The zero-order valence-corrected chi connectivity index (χ0v) is 13.3. The molecule has 2 amide bonds. The number of urea groups is 1. The molecule has 4 nitrogen and oxygen atoms in total. The normalized spacial score (nSPS) is 14.6. The molecule has 0 fully saturated rings. The molecule has 1 aromatic rings. The summed E-state index contributed by atoms with van der Waals surface area (Å²) >= 11 is 0. The lowest BCUT2D eigenvalue weighted by Gasteiger charge is -2.28. The van der Waals surface area contributed by atoms with Crippen LogP contribution in [0.5, 0.6) is 0 Å². The van der Waals surface area contributed by atoms with Gasteiger partial charge in [0.1, 0.15) is 0 Å². The van der Waals surface area contributed by atoms with E-state index in [9.17, 15) is 4.79 Å². The number of carbonyl (C=O) groups excluding carboxylic acids is 1. The summed E-state index contributed by atoms with van der Waals surface area (Å²) in [5.74, 6) is 0. The Hall–Kier alpha value is -1.55. The molecule has 2 rings (SSSR count). The van der Waals surface area contributed by atoms with Crippen molar-refractivity contribution in [2.24, 2.45) is 0 Å². The third-order valence-corrected chi connectivity index (χ3v) is 4.04. The predicted molar refractivity (Wildman–Crippen MR) is 86.4 cm³/mol. The zero-order valence-electron chi connectivity index (χ0n) is 13.3. The zero-order chi connectivity index (χ0) is 15.1. The predicted octanol–water partition coefficient (Wildman–Crippen LogP) is 2.49. The summed E-state index contributed by atoms with van der Waals surface area (Å²) in [5.41, 5.74) is 3.00. The maximum Gasteiger partial charge on any atom is 0.316 e. The number of nitrogens with zero attached hydrogens (tertiary/aromatic N) is 2. The van der Waals surface area contributed by atoms with Crippen LogP contribution in [0.2, 0.25) is 0 Å². The Morgan fingerprint density at radius 3 is 2.71 bits per heavy atom. The molecule has 1 heterocycles. The minimum atomic E-state index is 0.00244. The summed E-state index contributed by atoms with van der Waals surface area (Å²) in [6, 6.07) is 8.77. The second kappa shape index (κ2) is 8.03. The molecule has 0 aliphatic carbocycles. The monoisotopic (exact) mass is 289 g/mol. The number of hydrogen-bond acceptors (Lipinski definition) is 2. The minimum absolute atomic E-state index is 0.00244. The van der Waals surface area contributed by atoms with Gasteiger partial charge in [0.05, 0.1) is 0 Å². The number of fused-ring (bicyclic) bond motifs is 1. The number of nitrogens with one attached hydrogen (secondary N) is 1. The Labute approximate surface area is 128 Å². The molecular formula is C17H27N3O. The number of benzene rings is 1. The Morgan fingerprint density at radius 1 is 1.19 bits per heavy atom. The molecular weight excluding hydrogens is 262 g/mol. The SMILES string of the molecule is CN(C)C(=O)NCCCCCN1CCc2ccccc2C1. The summed E-state index contributed by atoms with van der Waals surface area (Å²) in [6.45, 7) is 4.21. The Bertz CT molecular complexity index is 459. The average molecular weight is 289 g/mol. The number of amides is 2. The number of carbonyl (C=O) groups is 1. The van der Waals surface area contributed by atoms with Crippen molar-refractivity contribution in [3.8, 4) is 0 Å². The van der Waals surface area contributed by atoms with Gasteiger partial charge in [-0.05, 0) is 36.9 Å². The van der Waals surface area contributed by atoms with Crippen molar-refractivity contribution in [1.29, 1.82) is 0 Å². The minimum Gasteiger partial charge on any atom is -0.338 e. The van der Waals surface area contributed by atoms with Gasteiger partial charge in [0.2, 0.25) is 0 Å². The van der Waals surface area contributed by atoms with Crippen LogP contribution in [-0.4, -0.2) is 49.6 Å².